The zero-order valence-electron chi connectivity index (χ0n) is 12.8. The third-order valence-electron chi connectivity index (χ3n) is 3.84. The molecule has 0 radical (unpaired) electrons. The van der Waals surface area contributed by atoms with E-state index in [4.69, 9.17) is 0 Å². The summed E-state index contributed by atoms with van der Waals surface area (Å²) < 4.78 is 0. The molecule has 0 aliphatic carbocycles. The van der Waals surface area contributed by atoms with Gasteiger partial charge >= 0.3 is 0 Å². The minimum absolute atomic E-state index is 0.724. The van der Waals surface area contributed by atoms with E-state index in [0.717, 1.165) is 23.8 Å². The monoisotopic (exact) mass is 306 g/mol. The fraction of sp³-hybridized carbons (Fsp3) is 0.150. The van der Waals surface area contributed by atoms with Crippen LogP contribution in [0.1, 0.15) is 31.9 Å². The maximum Gasteiger partial charge on any atom is 0.150 e. The first-order valence-electron chi connectivity index (χ1n) is 7.36. The molecule has 0 spiro atoms. The van der Waals surface area contributed by atoms with Crippen LogP contribution in [0.4, 0.5) is 0 Å². The van der Waals surface area contributed by atoms with Crippen LogP contribution in [0.15, 0.2) is 54.6 Å². The molecule has 0 aliphatic heterocycles. The number of aldehydes is 1. The molecular formula is C20H18OS. The molecule has 22 heavy (non-hydrogen) atoms. The van der Waals surface area contributed by atoms with E-state index in [2.05, 4.69) is 50.2 Å². The zero-order valence-corrected chi connectivity index (χ0v) is 13.6. The first-order valence-corrected chi connectivity index (χ1v) is 8.18. The summed E-state index contributed by atoms with van der Waals surface area (Å²) in [4.78, 5) is 13.5. The fourth-order valence-electron chi connectivity index (χ4n) is 2.57. The van der Waals surface area contributed by atoms with E-state index in [1.807, 2.05) is 18.2 Å². The summed E-state index contributed by atoms with van der Waals surface area (Å²) in [5.41, 5.74) is 5.86. The second-order valence-corrected chi connectivity index (χ2v) is 6.78. The number of aryl methyl sites for hydroxylation is 2. The first kappa shape index (κ1) is 14.7. The molecule has 0 fully saturated rings. The highest BCUT2D eigenvalue weighted by Gasteiger charge is 2.06. The van der Waals surface area contributed by atoms with Gasteiger partial charge < -0.3 is 0 Å². The summed E-state index contributed by atoms with van der Waals surface area (Å²) >= 11 is 1.80. The Bertz CT molecular complexity index is 814. The highest BCUT2D eigenvalue weighted by Crippen LogP contribution is 2.30. The predicted octanol–water partition coefficient (Wildman–Crippen LogP) is 5.44. The van der Waals surface area contributed by atoms with Crippen molar-refractivity contribution in [2.45, 2.75) is 20.3 Å². The van der Waals surface area contributed by atoms with Gasteiger partial charge in [0.05, 0.1) is 0 Å². The second kappa shape index (κ2) is 6.29. The predicted molar refractivity (Wildman–Crippen MR) is 93.9 cm³/mol. The molecule has 2 heteroatoms. The number of carbonyl (C=O) groups is 1. The summed E-state index contributed by atoms with van der Waals surface area (Å²) in [6, 6.07) is 18.7. The summed E-state index contributed by atoms with van der Waals surface area (Å²) in [7, 11) is 0. The molecule has 0 amide bonds. The number of benzene rings is 2. The van der Waals surface area contributed by atoms with Gasteiger partial charge in [-0.1, -0.05) is 42.0 Å². The van der Waals surface area contributed by atoms with Crippen molar-refractivity contribution in [3.63, 3.8) is 0 Å². The molecule has 110 valence electrons. The molecule has 0 aliphatic rings. The van der Waals surface area contributed by atoms with E-state index in [-0.39, 0.29) is 0 Å². The van der Waals surface area contributed by atoms with Crippen LogP contribution in [0.3, 0.4) is 0 Å². The van der Waals surface area contributed by atoms with Crippen LogP contribution < -0.4 is 0 Å². The highest BCUT2D eigenvalue weighted by molar-refractivity contribution is 7.15. The van der Waals surface area contributed by atoms with Crippen LogP contribution in [0, 0.1) is 13.8 Å². The Morgan fingerprint density at radius 3 is 2.68 bits per heavy atom. The van der Waals surface area contributed by atoms with Crippen molar-refractivity contribution < 1.29 is 4.79 Å². The molecule has 1 nitrogen and oxygen atoms in total. The Morgan fingerprint density at radius 1 is 1.00 bits per heavy atom. The van der Waals surface area contributed by atoms with E-state index >= 15 is 0 Å². The number of thiophene rings is 1. The second-order valence-electron chi connectivity index (χ2n) is 5.62. The van der Waals surface area contributed by atoms with E-state index < -0.39 is 0 Å². The SMILES string of the molecule is Cc1ccc(C)c(Cc2ccc(-c3cccc(C=O)c3)s2)c1. The van der Waals surface area contributed by atoms with Gasteiger partial charge in [-0.3, -0.25) is 4.79 Å². The van der Waals surface area contributed by atoms with Crippen LogP contribution in [0.25, 0.3) is 10.4 Å². The van der Waals surface area contributed by atoms with Gasteiger partial charge in [-0.25, -0.2) is 0 Å². The number of carbonyl (C=O) groups excluding carboxylic acids is 1. The van der Waals surface area contributed by atoms with Crippen molar-refractivity contribution in [3.8, 4) is 10.4 Å². The van der Waals surface area contributed by atoms with Gasteiger partial charge in [-0.15, -0.1) is 11.3 Å². The minimum Gasteiger partial charge on any atom is -0.298 e. The molecule has 0 saturated carbocycles. The Labute approximate surface area is 135 Å². The lowest BCUT2D eigenvalue weighted by Crippen LogP contribution is -1.90. The topological polar surface area (TPSA) is 17.1 Å². The molecule has 0 bridgehead atoms. The summed E-state index contributed by atoms with van der Waals surface area (Å²) in [5.74, 6) is 0. The Hall–Kier alpha value is -2.19. The lowest BCUT2D eigenvalue weighted by molar-refractivity contribution is 0.112. The van der Waals surface area contributed by atoms with Crippen LogP contribution in [0.2, 0.25) is 0 Å². The molecule has 3 aromatic rings. The van der Waals surface area contributed by atoms with Gasteiger partial charge in [0.25, 0.3) is 0 Å². The zero-order chi connectivity index (χ0) is 15.5. The van der Waals surface area contributed by atoms with Crippen molar-refractivity contribution in [2.24, 2.45) is 0 Å². The maximum absolute atomic E-state index is 10.9. The van der Waals surface area contributed by atoms with Gasteiger partial charge in [0.15, 0.2) is 0 Å². The van der Waals surface area contributed by atoms with E-state index in [1.165, 1.54) is 26.4 Å². The van der Waals surface area contributed by atoms with Gasteiger partial charge in [-0.05, 0) is 48.7 Å². The Kier molecular flexibility index (Phi) is 4.21. The third kappa shape index (κ3) is 3.18. The molecule has 0 unspecified atom stereocenters. The normalized spacial score (nSPS) is 10.6. The molecule has 0 saturated heterocycles. The van der Waals surface area contributed by atoms with Crippen molar-refractivity contribution in [3.05, 3.63) is 81.7 Å². The molecule has 0 atom stereocenters. The van der Waals surface area contributed by atoms with E-state index in [1.54, 1.807) is 11.3 Å². The van der Waals surface area contributed by atoms with Crippen LogP contribution in [-0.2, 0) is 6.42 Å². The smallest absolute Gasteiger partial charge is 0.150 e. The molecule has 0 N–H and O–H groups in total. The standard InChI is InChI=1S/C20H18OS/c1-14-6-7-15(2)18(10-14)12-19-8-9-20(22-19)17-5-3-4-16(11-17)13-21/h3-11,13H,12H2,1-2H3. The molecule has 1 heterocycles. The first-order chi connectivity index (χ1) is 10.7. The summed E-state index contributed by atoms with van der Waals surface area (Å²) in [6.45, 7) is 4.30. The number of rotatable bonds is 4. The average Bonchev–Trinajstić information content (AvgIpc) is 2.99. The lowest BCUT2D eigenvalue weighted by atomic mass is 10.0. The molecule has 1 aromatic heterocycles. The van der Waals surface area contributed by atoms with Crippen molar-refractivity contribution >= 4 is 17.6 Å². The quantitative estimate of drug-likeness (QED) is 0.587. The largest absolute Gasteiger partial charge is 0.298 e. The maximum atomic E-state index is 10.9. The number of hydrogen-bond acceptors (Lipinski definition) is 2. The van der Waals surface area contributed by atoms with E-state index in [0.29, 0.717) is 0 Å². The fourth-order valence-corrected chi connectivity index (χ4v) is 3.60. The van der Waals surface area contributed by atoms with Gasteiger partial charge in [0, 0.05) is 21.7 Å². The third-order valence-corrected chi connectivity index (χ3v) is 4.97. The Morgan fingerprint density at radius 2 is 1.86 bits per heavy atom. The van der Waals surface area contributed by atoms with E-state index in [9.17, 15) is 4.79 Å². The summed E-state index contributed by atoms with van der Waals surface area (Å²) in [5, 5.41) is 0. The highest BCUT2D eigenvalue weighted by atomic mass is 32.1. The van der Waals surface area contributed by atoms with Crippen molar-refractivity contribution in [1.82, 2.24) is 0 Å². The minimum atomic E-state index is 0.724. The summed E-state index contributed by atoms with van der Waals surface area (Å²) in [6.07, 6.45) is 1.86. The van der Waals surface area contributed by atoms with Gasteiger partial charge in [0.2, 0.25) is 0 Å². The molecule has 2 aromatic carbocycles. The Balaban J connectivity index is 1.87. The molecular weight excluding hydrogens is 288 g/mol. The average molecular weight is 306 g/mol. The molecule has 3 rings (SSSR count). The lowest BCUT2D eigenvalue weighted by Gasteiger charge is -2.05. The van der Waals surface area contributed by atoms with Crippen molar-refractivity contribution in [1.29, 1.82) is 0 Å². The van der Waals surface area contributed by atoms with Gasteiger partial charge in [-0.2, -0.15) is 0 Å². The number of hydrogen-bond donors (Lipinski definition) is 0. The van der Waals surface area contributed by atoms with Crippen molar-refractivity contribution in [2.75, 3.05) is 0 Å². The van der Waals surface area contributed by atoms with Crippen LogP contribution >= 0.6 is 11.3 Å². The van der Waals surface area contributed by atoms with Crippen LogP contribution in [-0.4, -0.2) is 6.29 Å². The van der Waals surface area contributed by atoms with Crippen LogP contribution in [0.5, 0.6) is 0 Å². The van der Waals surface area contributed by atoms with Gasteiger partial charge in [0.1, 0.15) is 6.29 Å².